The molecule has 0 radical (unpaired) electrons. The van der Waals surface area contributed by atoms with Crippen molar-refractivity contribution in [3.05, 3.63) is 29.3 Å². The predicted octanol–water partition coefficient (Wildman–Crippen LogP) is 3.48. The van der Waals surface area contributed by atoms with Gasteiger partial charge in [0.2, 0.25) is 0 Å². The third kappa shape index (κ3) is 5.51. The molecule has 0 aromatic heterocycles. The molecule has 0 aliphatic carbocycles. The van der Waals surface area contributed by atoms with Crippen LogP contribution in [0.4, 0.5) is 13.2 Å². The summed E-state index contributed by atoms with van der Waals surface area (Å²) in [7, 11) is 1.53. The second-order valence-corrected chi connectivity index (χ2v) is 4.59. The second-order valence-electron chi connectivity index (χ2n) is 4.59. The van der Waals surface area contributed by atoms with Crippen LogP contribution in [-0.2, 0) is 6.42 Å². The Morgan fingerprint density at radius 1 is 1.32 bits per heavy atom. The molecule has 0 saturated heterocycles. The van der Waals surface area contributed by atoms with E-state index in [-0.39, 0.29) is 0 Å². The van der Waals surface area contributed by atoms with Gasteiger partial charge in [0, 0.05) is 6.04 Å². The summed E-state index contributed by atoms with van der Waals surface area (Å²) in [6, 6.07) is 4.93. The molecule has 5 heteroatoms. The van der Waals surface area contributed by atoms with Crippen LogP contribution in [0.1, 0.15) is 24.5 Å². The lowest BCUT2D eigenvalue weighted by Crippen LogP contribution is -2.35. The van der Waals surface area contributed by atoms with Crippen LogP contribution >= 0.6 is 0 Å². The summed E-state index contributed by atoms with van der Waals surface area (Å²) in [6.07, 6.45) is -4.69. The Bertz CT molecular complexity index is 404. The van der Waals surface area contributed by atoms with Gasteiger partial charge in [0.15, 0.2) is 0 Å². The largest absolute Gasteiger partial charge is 0.496 e. The highest BCUT2D eigenvalue weighted by Crippen LogP contribution is 2.26. The minimum atomic E-state index is -4.16. The topological polar surface area (TPSA) is 21.3 Å². The van der Waals surface area contributed by atoms with Gasteiger partial charge in [-0.3, -0.25) is 0 Å². The number of nitrogens with one attached hydrogen (secondary N) is 1. The Morgan fingerprint density at radius 3 is 2.53 bits per heavy atom. The SMILES string of the molecule is CCNC(Cc1cc(C)ccc1OC)CC(F)(F)F. The van der Waals surface area contributed by atoms with Crippen LogP contribution in [-0.4, -0.2) is 25.9 Å². The van der Waals surface area contributed by atoms with Crippen molar-refractivity contribution in [3.8, 4) is 5.75 Å². The van der Waals surface area contributed by atoms with E-state index >= 15 is 0 Å². The lowest BCUT2D eigenvalue weighted by atomic mass is 10.0. The molecule has 1 rings (SSSR count). The normalized spacial score (nSPS) is 13.4. The summed E-state index contributed by atoms with van der Waals surface area (Å²) >= 11 is 0. The number of rotatable bonds is 6. The van der Waals surface area contributed by atoms with Crippen molar-refractivity contribution in [3.63, 3.8) is 0 Å². The Labute approximate surface area is 112 Å². The van der Waals surface area contributed by atoms with E-state index in [1.807, 2.05) is 19.1 Å². The maximum atomic E-state index is 12.5. The van der Waals surface area contributed by atoms with Crippen LogP contribution in [0.3, 0.4) is 0 Å². The zero-order valence-corrected chi connectivity index (χ0v) is 11.5. The molecule has 0 bridgehead atoms. The number of aryl methyl sites for hydroxylation is 1. The smallest absolute Gasteiger partial charge is 0.390 e. The molecule has 1 aromatic rings. The summed E-state index contributed by atoms with van der Waals surface area (Å²) in [5.41, 5.74) is 1.82. The van der Waals surface area contributed by atoms with Crippen molar-refractivity contribution in [1.82, 2.24) is 5.32 Å². The maximum absolute atomic E-state index is 12.5. The summed E-state index contributed by atoms with van der Waals surface area (Å²) in [4.78, 5) is 0. The molecular formula is C14H20F3NO. The van der Waals surface area contributed by atoms with Gasteiger partial charge in [0.05, 0.1) is 13.5 Å². The monoisotopic (exact) mass is 275 g/mol. The van der Waals surface area contributed by atoms with Crippen LogP contribution in [0, 0.1) is 6.92 Å². The standard InChI is InChI=1S/C14H20F3NO/c1-4-18-12(9-14(15,16)17)8-11-7-10(2)5-6-13(11)19-3/h5-7,12,18H,4,8-9H2,1-3H3. The maximum Gasteiger partial charge on any atom is 0.390 e. The average Bonchev–Trinajstić information content (AvgIpc) is 2.27. The summed E-state index contributed by atoms with van der Waals surface area (Å²) < 4.78 is 42.8. The highest BCUT2D eigenvalue weighted by molar-refractivity contribution is 5.37. The van der Waals surface area contributed by atoms with Crippen molar-refractivity contribution in [2.45, 2.75) is 38.9 Å². The number of methoxy groups -OCH3 is 1. The molecule has 1 N–H and O–H groups in total. The van der Waals surface area contributed by atoms with E-state index in [9.17, 15) is 13.2 Å². The number of ether oxygens (including phenoxy) is 1. The zero-order valence-electron chi connectivity index (χ0n) is 11.5. The van der Waals surface area contributed by atoms with Crippen molar-refractivity contribution < 1.29 is 17.9 Å². The number of halogens is 3. The van der Waals surface area contributed by atoms with Crippen molar-refractivity contribution in [2.24, 2.45) is 0 Å². The lowest BCUT2D eigenvalue weighted by molar-refractivity contribution is -0.139. The number of benzene rings is 1. The van der Waals surface area contributed by atoms with Crippen LogP contribution in [0.5, 0.6) is 5.75 Å². The van der Waals surface area contributed by atoms with E-state index in [2.05, 4.69) is 5.32 Å². The lowest BCUT2D eigenvalue weighted by Gasteiger charge is -2.21. The first-order valence-electron chi connectivity index (χ1n) is 6.29. The summed E-state index contributed by atoms with van der Waals surface area (Å²) in [5.74, 6) is 0.635. The first-order valence-corrected chi connectivity index (χ1v) is 6.29. The molecule has 0 saturated carbocycles. The molecule has 1 aromatic carbocycles. The van der Waals surface area contributed by atoms with Gasteiger partial charge in [0.1, 0.15) is 5.75 Å². The number of hydrogen-bond donors (Lipinski definition) is 1. The van der Waals surface area contributed by atoms with Gasteiger partial charge >= 0.3 is 6.18 Å². The molecule has 0 spiro atoms. The highest BCUT2D eigenvalue weighted by atomic mass is 19.4. The minimum Gasteiger partial charge on any atom is -0.496 e. The van der Waals surface area contributed by atoms with Crippen LogP contribution < -0.4 is 10.1 Å². The van der Waals surface area contributed by atoms with Crippen LogP contribution in [0.2, 0.25) is 0 Å². The van der Waals surface area contributed by atoms with E-state index < -0.39 is 18.6 Å². The first-order chi connectivity index (χ1) is 8.85. The molecular weight excluding hydrogens is 255 g/mol. The van der Waals surface area contributed by atoms with E-state index in [0.717, 1.165) is 11.1 Å². The molecule has 1 unspecified atom stereocenters. The van der Waals surface area contributed by atoms with Gasteiger partial charge in [-0.1, -0.05) is 24.6 Å². The molecule has 0 aliphatic heterocycles. The molecule has 0 amide bonds. The van der Waals surface area contributed by atoms with Gasteiger partial charge in [-0.2, -0.15) is 13.2 Å². The Hall–Kier alpha value is -1.23. The van der Waals surface area contributed by atoms with E-state index in [0.29, 0.717) is 18.7 Å². The van der Waals surface area contributed by atoms with Crippen molar-refractivity contribution in [2.75, 3.05) is 13.7 Å². The number of hydrogen-bond acceptors (Lipinski definition) is 2. The first kappa shape index (κ1) is 15.8. The van der Waals surface area contributed by atoms with Gasteiger partial charge < -0.3 is 10.1 Å². The molecule has 2 nitrogen and oxygen atoms in total. The predicted molar refractivity (Wildman–Crippen MR) is 69.6 cm³/mol. The van der Waals surface area contributed by atoms with Crippen molar-refractivity contribution >= 4 is 0 Å². The quantitative estimate of drug-likeness (QED) is 0.858. The number of likely N-dealkylation sites (N-methyl/N-ethyl adjacent to an activating group) is 1. The summed E-state index contributed by atoms with van der Waals surface area (Å²) in [6.45, 7) is 4.22. The minimum absolute atomic E-state index is 0.304. The Kier molecular flexibility index (Phi) is 5.66. The highest BCUT2D eigenvalue weighted by Gasteiger charge is 2.31. The van der Waals surface area contributed by atoms with E-state index in [1.165, 1.54) is 7.11 Å². The zero-order chi connectivity index (χ0) is 14.5. The molecule has 0 aliphatic rings. The Morgan fingerprint density at radius 2 is 2.00 bits per heavy atom. The fraction of sp³-hybridized carbons (Fsp3) is 0.571. The molecule has 1 atom stereocenters. The van der Waals surface area contributed by atoms with Crippen molar-refractivity contribution in [1.29, 1.82) is 0 Å². The fourth-order valence-electron chi connectivity index (χ4n) is 2.12. The number of alkyl halides is 3. The van der Waals surface area contributed by atoms with E-state index in [4.69, 9.17) is 4.74 Å². The average molecular weight is 275 g/mol. The van der Waals surface area contributed by atoms with Gasteiger partial charge in [0.25, 0.3) is 0 Å². The third-order valence-corrected chi connectivity index (χ3v) is 2.87. The van der Waals surface area contributed by atoms with Gasteiger partial charge in [-0.05, 0) is 31.5 Å². The van der Waals surface area contributed by atoms with Gasteiger partial charge in [-0.25, -0.2) is 0 Å². The second kappa shape index (κ2) is 6.80. The summed E-state index contributed by atoms with van der Waals surface area (Å²) in [5, 5.41) is 2.88. The van der Waals surface area contributed by atoms with Crippen LogP contribution in [0.25, 0.3) is 0 Å². The van der Waals surface area contributed by atoms with Gasteiger partial charge in [-0.15, -0.1) is 0 Å². The Balaban J connectivity index is 2.86. The third-order valence-electron chi connectivity index (χ3n) is 2.87. The molecule has 0 heterocycles. The molecule has 108 valence electrons. The van der Waals surface area contributed by atoms with E-state index in [1.54, 1.807) is 13.0 Å². The molecule has 19 heavy (non-hydrogen) atoms. The fourth-order valence-corrected chi connectivity index (χ4v) is 2.12. The molecule has 0 fully saturated rings. The van der Waals surface area contributed by atoms with Crippen LogP contribution in [0.15, 0.2) is 18.2 Å².